The van der Waals surface area contributed by atoms with Crippen molar-refractivity contribution in [2.24, 2.45) is 0 Å². The van der Waals surface area contributed by atoms with Gasteiger partial charge in [-0.3, -0.25) is 14.9 Å². The first-order valence-corrected chi connectivity index (χ1v) is 7.82. The van der Waals surface area contributed by atoms with Gasteiger partial charge in [-0.05, 0) is 37.6 Å². The van der Waals surface area contributed by atoms with Crippen molar-refractivity contribution in [3.05, 3.63) is 75.3 Å². The molecule has 0 aliphatic rings. The summed E-state index contributed by atoms with van der Waals surface area (Å²) in [6.45, 7) is 3.36. The van der Waals surface area contributed by atoms with E-state index in [1.807, 2.05) is 26.0 Å². The lowest BCUT2D eigenvalue weighted by Crippen LogP contribution is -2.20. The molecule has 134 valence electrons. The SMILES string of the molecule is Cc1ccc(NC(=O)COC(=O)/C=C/c2ccccc2[N+](=O)[O-])c(C)c1. The highest BCUT2D eigenvalue weighted by Crippen LogP contribution is 2.19. The summed E-state index contributed by atoms with van der Waals surface area (Å²) in [6.07, 6.45) is 2.33. The Hall–Kier alpha value is -3.48. The molecule has 0 unspecified atom stereocenters. The van der Waals surface area contributed by atoms with Crippen molar-refractivity contribution < 1.29 is 19.2 Å². The van der Waals surface area contributed by atoms with Crippen LogP contribution in [0.5, 0.6) is 0 Å². The van der Waals surface area contributed by atoms with Gasteiger partial charge in [0.1, 0.15) is 0 Å². The molecule has 0 aliphatic heterocycles. The minimum atomic E-state index is -0.765. The molecular formula is C19H18N2O5. The van der Waals surface area contributed by atoms with Gasteiger partial charge in [0.25, 0.3) is 11.6 Å². The Kier molecular flexibility index (Phi) is 6.21. The van der Waals surface area contributed by atoms with Crippen LogP contribution < -0.4 is 5.32 Å². The van der Waals surface area contributed by atoms with Gasteiger partial charge in [-0.25, -0.2) is 4.79 Å². The first-order chi connectivity index (χ1) is 12.4. The summed E-state index contributed by atoms with van der Waals surface area (Å²) in [5.41, 5.74) is 2.78. The van der Waals surface area contributed by atoms with Crippen LogP contribution in [0.1, 0.15) is 16.7 Å². The molecule has 0 aliphatic carbocycles. The highest BCUT2D eigenvalue weighted by Gasteiger charge is 2.11. The number of carbonyl (C=O) groups is 2. The lowest BCUT2D eigenvalue weighted by molar-refractivity contribution is -0.385. The highest BCUT2D eigenvalue weighted by molar-refractivity contribution is 5.95. The summed E-state index contributed by atoms with van der Waals surface area (Å²) in [5, 5.41) is 13.6. The summed E-state index contributed by atoms with van der Waals surface area (Å²) in [5.74, 6) is -1.23. The molecule has 0 bridgehead atoms. The van der Waals surface area contributed by atoms with Crippen molar-refractivity contribution in [2.45, 2.75) is 13.8 Å². The predicted molar refractivity (Wildman–Crippen MR) is 97.6 cm³/mol. The maximum atomic E-state index is 11.9. The largest absolute Gasteiger partial charge is 0.452 e. The Morgan fingerprint density at radius 2 is 1.92 bits per heavy atom. The Labute approximate surface area is 150 Å². The van der Waals surface area contributed by atoms with Crippen LogP contribution in [0, 0.1) is 24.0 Å². The lowest BCUT2D eigenvalue weighted by Gasteiger charge is -2.09. The van der Waals surface area contributed by atoms with E-state index >= 15 is 0 Å². The predicted octanol–water partition coefficient (Wildman–Crippen LogP) is 3.41. The maximum Gasteiger partial charge on any atom is 0.331 e. The van der Waals surface area contributed by atoms with Gasteiger partial charge in [-0.2, -0.15) is 0 Å². The molecule has 0 atom stereocenters. The molecule has 2 aromatic carbocycles. The number of carbonyl (C=O) groups excluding carboxylic acids is 2. The summed E-state index contributed by atoms with van der Waals surface area (Å²) in [7, 11) is 0. The third-order valence-corrected chi connectivity index (χ3v) is 3.53. The van der Waals surface area contributed by atoms with E-state index in [2.05, 4.69) is 5.32 Å². The molecule has 0 aromatic heterocycles. The second kappa shape index (κ2) is 8.57. The second-order valence-electron chi connectivity index (χ2n) is 5.62. The first kappa shape index (κ1) is 18.9. The van der Waals surface area contributed by atoms with Gasteiger partial charge in [0.05, 0.1) is 10.5 Å². The molecule has 0 fully saturated rings. The van der Waals surface area contributed by atoms with Crippen LogP contribution >= 0.6 is 0 Å². The quantitative estimate of drug-likeness (QED) is 0.371. The number of benzene rings is 2. The van der Waals surface area contributed by atoms with Crippen molar-refractivity contribution in [2.75, 3.05) is 11.9 Å². The number of nitrogens with zero attached hydrogens (tertiary/aromatic N) is 1. The zero-order valence-electron chi connectivity index (χ0n) is 14.4. The average molecular weight is 354 g/mol. The molecule has 2 rings (SSSR count). The van der Waals surface area contributed by atoms with E-state index in [0.29, 0.717) is 5.69 Å². The van der Waals surface area contributed by atoms with Crippen molar-refractivity contribution in [3.8, 4) is 0 Å². The first-order valence-electron chi connectivity index (χ1n) is 7.82. The Bertz CT molecular complexity index is 874. The molecule has 1 amide bonds. The fourth-order valence-electron chi connectivity index (χ4n) is 2.28. The minimum Gasteiger partial charge on any atom is -0.452 e. The van der Waals surface area contributed by atoms with Crippen LogP contribution in [0.25, 0.3) is 6.08 Å². The molecule has 1 N–H and O–H groups in total. The summed E-state index contributed by atoms with van der Waals surface area (Å²) >= 11 is 0. The van der Waals surface area contributed by atoms with Crippen molar-refractivity contribution in [3.63, 3.8) is 0 Å². The number of anilines is 1. The number of nitro benzene ring substituents is 1. The number of hydrogen-bond donors (Lipinski definition) is 1. The number of nitro groups is 1. The Morgan fingerprint density at radius 3 is 2.62 bits per heavy atom. The van der Waals surface area contributed by atoms with Crippen molar-refractivity contribution >= 4 is 29.3 Å². The van der Waals surface area contributed by atoms with Gasteiger partial charge < -0.3 is 10.1 Å². The van der Waals surface area contributed by atoms with Gasteiger partial charge in [-0.1, -0.05) is 29.8 Å². The van der Waals surface area contributed by atoms with Crippen LogP contribution in [-0.4, -0.2) is 23.4 Å². The summed E-state index contributed by atoms with van der Waals surface area (Å²) < 4.78 is 4.85. The Balaban J connectivity index is 1.90. The molecule has 0 saturated heterocycles. The highest BCUT2D eigenvalue weighted by atomic mass is 16.6. The number of aryl methyl sites for hydroxylation is 2. The van der Waals surface area contributed by atoms with E-state index in [0.717, 1.165) is 17.2 Å². The van der Waals surface area contributed by atoms with E-state index in [-0.39, 0.29) is 11.3 Å². The zero-order valence-corrected chi connectivity index (χ0v) is 14.4. The molecule has 7 nitrogen and oxygen atoms in total. The van der Waals surface area contributed by atoms with Gasteiger partial charge >= 0.3 is 5.97 Å². The molecule has 0 heterocycles. The van der Waals surface area contributed by atoms with Crippen molar-refractivity contribution in [1.29, 1.82) is 0 Å². The van der Waals surface area contributed by atoms with Crippen LogP contribution in [0.3, 0.4) is 0 Å². The number of rotatable bonds is 6. The zero-order chi connectivity index (χ0) is 19.1. The van der Waals surface area contributed by atoms with Crippen LogP contribution in [0.15, 0.2) is 48.5 Å². The van der Waals surface area contributed by atoms with E-state index < -0.39 is 23.4 Å². The summed E-state index contributed by atoms with van der Waals surface area (Å²) in [4.78, 5) is 33.9. The number of amides is 1. The van der Waals surface area contributed by atoms with E-state index in [9.17, 15) is 19.7 Å². The van der Waals surface area contributed by atoms with Gasteiger partial charge in [0.2, 0.25) is 0 Å². The molecule has 0 radical (unpaired) electrons. The fraction of sp³-hybridized carbons (Fsp3) is 0.158. The van der Waals surface area contributed by atoms with Crippen LogP contribution in [0.2, 0.25) is 0 Å². The Morgan fingerprint density at radius 1 is 1.19 bits per heavy atom. The van der Waals surface area contributed by atoms with Crippen LogP contribution in [0.4, 0.5) is 11.4 Å². The molecule has 7 heteroatoms. The average Bonchev–Trinajstić information content (AvgIpc) is 2.60. The van der Waals surface area contributed by atoms with E-state index in [1.54, 1.807) is 12.1 Å². The monoisotopic (exact) mass is 354 g/mol. The number of ether oxygens (including phenoxy) is 1. The third-order valence-electron chi connectivity index (χ3n) is 3.53. The number of hydrogen-bond acceptors (Lipinski definition) is 5. The minimum absolute atomic E-state index is 0.121. The third kappa shape index (κ3) is 5.27. The summed E-state index contributed by atoms with van der Waals surface area (Å²) in [6, 6.07) is 11.6. The van der Waals surface area contributed by atoms with E-state index in [1.165, 1.54) is 24.3 Å². The molecular weight excluding hydrogens is 336 g/mol. The second-order valence-corrected chi connectivity index (χ2v) is 5.62. The van der Waals surface area contributed by atoms with Crippen molar-refractivity contribution in [1.82, 2.24) is 0 Å². The number of esters is 1. The maximum absolute atomic E-state index is 11.9. The molecule has 0 saturated carbocycles. The molecule has 0 spiro atoms. The topological polar surface area (TPSA) is 98.5 Å². The molecule has 2 aromatic rings. The van der Waals surface area contributed by atoms with E-state index in [4.69, 9.17) is 4.74 Å². The number of nitrogens with one attached hydrogen (secondary N) is 1. The molecule has 26 heavy (non-hydrogen) atoms. The van der Waals surface area contributed by atoms with Gasteiger partial charge in [0, 0.05) is 17.8 Å². The van der Waals surface area contributed by atoms with Gasteiger partial charge in [0.15, 0.2) is 6.61 Å². The van der Waals surface area contributed by atoms with Crippen LogP contribution in [-0.2, 0) is 14.3 Å². The number of para-hydroxylation sites is 1. The fourth-order valence-corrected chi connectivity index (χ4v) is 2.28. The normalized spacial score (nSPS) is 10.5. The van der Waals surface area contributed by atoms with Gasteiger partial charge in [-0.15, -0.1) is 0 Å². The standard InChI is InChI=1S/C19H18N2O5/c1-13-7-9-16(14(2)11-13)20-18(22)12-26-19(23)10-8-15-5-3-4-6-17(15)21(24)25/h3-11H,12H2,1-2H3,(H,20,22)/b10-8+. The lowest BCUT2D eigenvalue weighted by atomic mass is 10.1. The smallest absolute Gasteiger partial charge is 0.331 e.